The molecule has 0 amide bonds. The summed E-state index contributed by atoms with van der Waals surface area (Å²) in [5.74, 6) is -3.03. The van der Waals surface area contributed by atoms with Crippen LogP contribution in [0.4, 0.5) is 0 Å². The quantitative estimate of drug-likeness (QED) is 0.437. The van der Waals surface area contributed by atoms with Crippen molar-refractivity contribution in [3.8, 4) is 0 Å². The number of carbonyl (C=O) groups is 1. The average molecular weight is 346 g/mol. The molecule has 0 aromatic heterocycles. The predicted molar refractivity (Wildman–Crippen MR) is 76.0 cm³/mol. The van der Waals surface area contributed by atoms with E-state index in [4.69, 9.17) is 13.8 Å². The van der Waals surface area contributed by atoms with E-state index < -0.39 is 49.0 Å². The fraction of sp³-hybridized carbons (Fsp3) is 0.909. The molecule has 0 fully saturated rings. The van der Waals surface area contributed by atoms with E-state index in [0.29, 0.717) is 6.42 Å². The Morgan fingerprint density at radius 2 is 1.71 bits per heavy atom. The summed E-state index contributed by atoms with van der Waals surface area (Å²) in [7, 11) is -8.19. The van der Waals surface area contributed by atoms with Crippen molar-refractivity contribution >= 4 is 26.2 Å². The molecule has 0 bridgehead atoms. The molecule has 0 aromatic carbocycles. The van der Waals surface area contributed by atoms with Crippen LogP contribution in [0.5, 0.6) is 0 Å². The standard InChI is InChI=1S/C11H22O8S2/c1-4-9(10(12)13)11(2,3)8-19-21(17,18)7-5-6-20(14,15)16/h9H,4-8H2,1-3H3,(H,12,13)(H,14,15,16)/t9-/m0/s1. The molecule has 1 atom stereocenters. The lowest BCUT2D eigenvalue weighted by Gasteiger charge is -2.30. The zero-order chi connectivity index (χ0) is 16.9. The Labute approximate surface area is 125 Å². The maximum Gasteiger partial charge on any atom is 0.307 e. The van der Waals surface area contributed by atoms with Gasteiger partial charge >= 0.3 is 5.97 Å². The maximum atomic E-state index is 11.6. The van der Waals surface area contributed by atoms with Gasteiger partial charge in [-0.1, -0.05) is 20.8 Å². The van der Waals surface area contributed by atoms with Gasteiger partial charge in [0.25, 0.3) is 20.2 Å². The lowest BCUT2D eigenvalue weighted by molar-refractivity contribution is -0.146. The van der Waals surface area contributed by atoms with Crippen molar-refractivity contribution in [2.24, 2.45) is 11.3 Å². The average Bonchev–Trinajstić information content (AvgIpc) is 2.24. The van der Waals surface area contributed by atoms with Crippen molar-refractivity contribution in [1.82, 2.24) is 0 Å². The van der Waals surface area contributed by atoms with E-state index in [1.807, 2.05) is 0 Å². The zero-order valence-corrected chi connectivity index (χ0v) is 13.9. The van der Waals surface area contributed by atoms with Crippen LogP contribution in [0.15, 0.2) is 0 Å². The van der Waals surface area contributed by atoms with Crippen molar-refractivity contribution in [1.29, 1.82) is 0 Å². The fourth-order valence-corrected chi connectivity index (χ4v) is 3.67. The molecule has 0 saturated heterocycles. The number of hydrogen-bond acceptors (Lipinski definition) is 6. The minimum Gasteiger partial charge on any atom is -0.481 e. The Balaban J connectivity index is 4.58. The van der Waals surface area contributed by atoms with Crippen LogP contribution >= 0.6 is 0 Å². The first-order valence-corrected chi connectivity index (χ1v) is 9.54. The van der Waals surface area contributed by atoms with Gasteiger partial charge in [-0.25, -0.2) is 0 Å². The first-order chi connectivity index (χ1) is 9.31. The van der Waals surface area contributed by atoms with Crippen LogP contribution in [0, 0.1) is 11.3 Å². The van der Waals surface area contributed by atoms with Crippen LogP contribution in [0.25, 0.3) is 0 Å². The highest BCUT2D eigenvalue weighted by Gasteiger charge is 2.35. The fourth-order valence-electron chi connectivity index (χ4n) is 1.88. The van der Waals surface area contributed by atoms with Gasteiger partial charge in [0.2, 0.25) is 0 Å². The van der Waals surface area contributed by atoms with Gasteiger partial charge in [-0.3, -0.25) is 13.5 Å². The summed E-state index contributed by atoms with van der Waals surface area (Å²) in [6, 6.07) is 0. The summed E-state index contributed by atoms with van der Waals surface area (Å²) in [4.78, 5) is 11.1. The van der Waals surface area contributed by atoms with Crippen LogP contribution in [0.1, 0.15) is 33.6 Å². The van der Waals surface area contributed by atoms with E-state index >= 15 is 0 Å². The van der Waals surface area contributed by atoms with Gasteiger partial charge in [-0.2, -0.15) is 16.8 Å². The third-order valence-electron chi connectivity index (χ3n) is 3.06. The van der Waals surface area contributed by atoms with Crippen LogP contribution in [0.2, 0.25) is 0 Å². The van der Waals surface area contributed by atoms with Gasteiger partial charge < -0.3 is 5.11 Å². The van der Waals surface area contributed by atoms with Crippen LogP contribution in [0.3, 0.4) is 0 Å². The molecule has 0 aliphatic heterocycles. The Kier molecular flexibility index (Phi) is 7.27. The minimum atomic E-state index is -4.22. The minimum absolute atomic E-state index is 0.294. The zero-order valence-electron chi connectivity index (χ0n) is 12.3. The summed E-state index contributed by atoms with van der Waals surface area (Å²) in [5, 5.41) is 9.07. The van der Waals surface area contributed by atoms with E-state index in [2.05, 4.69) is 0 Å². The largest absolute Gasteiger partial charge is 0.481 e. The Bertz CT molecular complexity index is 547. The first-order valence-electron chi connectivity index (χ1n) is 6.36. The highest BCUT2D eigenvalue weighted by atomic mass is 32.2. The number of carboxylic acids is 1. The molecule has 0 aromatic rings. The smallest absolute Gasteiger partial charge is 0.307 e. The van der Waals surface area contributed by atoms with Gasteiger partial charge in [0.15, 0.2) is 0 Å². The number of hydrogen-bond donors (Lipinski definition) is 2. The molecule has 0 rings (SSSR count). The van der Waals surface area contributed by atoms with Crippen molar-refractivity contribution in [2.75, 3.05) is 18.1 Å². The molecule has 0 aliphatic rings. The number of rotatable bonds is 10. The molecule has 0 spiro atoms. The molecule has 0 aliphatic carbocycles. The summed E-state index contributed by atoms with van der Waals surface area (Å²) in [5.41, 5.74) is -0.892. The Morgan fingerprint density at radius 3 is 2.10 bits per heavy atom. The highest BCUT2D eigenvalue weighted by Crippen LogP contribution is 2.30. The lowest BCUT2D eigenvalue weighted by atomic mass is 9.78. The van der Waals surface area contributed by atoms with E-state index in [0.717, 1.165) is 0 Å². The lowest BCUT2D eigenvalue weighted by Crippen LogP contribution is -2.35. The van der Waals surface area contributed by atoms with Crippen molar-refractivity contribution in [2.45, 2.75) is 33.6 Å². The second-order valence-electron chi connectivity index (χ2n) is 5.45. The number of carboxylic acid groups (broad SMARTS) is 1. The Hall–Kier alpha value is -0.710. The van der Waals surface area contributed by atoms with E-state index in [1.165, 1.54) is 0 Å². The molecule has 10 heteroatoms. The second kappa shape index (κ2) is 7.52. The Morgan fingerprint density at radius 1 is 1.19 bits per heavy atom. The third kappa shape index (κ3) is 8.34. The normalized spacial score (nSPS) is 14.9. The molecule has 8 nitrogen and oxygen atoms in total. The SMILES string of the molecule is CC[C@@H](C(=O)O)C(C)(C)COS(=O)(=O)CCCS(=O)(=O)O. The monoisotopic (exact) mass is 346 g/mol. The molecular formula is C11H22O8S2. The molecule has 0 saturated carbocycles. The summed E-state index contributed by atoms with van der Waals surface area (Å²) in [6.07, 6.45) is 0.0340. The van der Waals surface area contributed by atoms with E-state index in [1.54, 1.807) is 20.8 Å². The first kappa shape index (κ1) is 20.3. The second-order valence-corrected chi connectivity index (χ2v) is 8.78. The molecule has 2 N–H and O–H groups in total. The van der Waals surface area contributed by atoms with Crippen molar-refractivity contribution in [3.05, 3.63) is 0 Å². The van der Waals surface area contributed by atoms with Crippen molar-refractivity contribution < 1.29 is 35.5 Å². The molecule has 21 heavy (non-hydrogen) atoms. The molecule has 0 radical (unpaired) electrons. The summed E-state index contributed by atoms with van der Waals surface area (Å²) >= 11 is 0. The topological polar surface area (TPSA) is 135 Å². The van der Waals surface area contributed by atoms with Crippen LogP contribution in [-0.2, 0) is 29.2 Å². The summed E-state index contributed by atoms with van der Waals surface area (Å²) < 4.78 is 57.5. The van der Waals surface area contributed by atoms with Crippen molar-refractivity contribution in [3.63, 3.8) is 0 Å². The predicted octanol–water partition coefficient (Wildman–Crippen LogP) is 0.748. The molecule has 0 heterocycles. The highest BCUT2D eigenvalue weighted by molar-refractivity contribution is 7.87. The van der Waals surface area contributed by atoms with Gasteiger partial charge in [-0.05, 0) is 12.8 Å². The molecule has 126 valence electrons. The van der Waals surface area contributed by atoms with Gasteiger partial charge in [0.05, 0.1) is 24.0 Å². The molecular weight excluding hydrogens is 324 g/mol. The number of aliphatic carboxylic acids is 1. The van der Waals surface area contributed by atoms with Crippen LogP contribution in [-0.4, -0.2) is 50.6 Å². The van der Waals surface area contributed by atoms with Gasteiger partial charge in [-0.15, -0.1) is 0 Å². The van der Waals surface area contributed by atoms with E-state index in [-0.39, 0.29) is 13.0 Å². The third-order valence-corrected chi connectivity index (χ3v) is 5.13. The molecule has 0 unspecified atom stereocenters. The van der Waals surface area contributed by atoms with E-state index in [9.17, 15) is 21.6 Å². The van der Waals surface area contributed by atoms with Crippen LogP contribution < -0.4 is 0 Å². The van der Waals surface area contributed by atoms with Gasteiger partial charge in [0, 0.05) is 5.41 Å². The van der Waals surface area contributed by atoms with Gasteiger partial charge in [0.1, 0.15) is 0 Å². The maximum absolute atomic E-state index is 11.6. The summed E-state index contributed by atoms with van der Waals surface area (Å²) in [6.45, 7) is 4.54.